The summed E-state index contributed by atoms with van der Waals surface area (Å²) < 4.78 is 10.9. The molecule has 1 aliphatic heterocycles. The molecule has 0 unspecified atom stereocenters. The first-order chi connectivity index (χ1) is 11.6. The summed E-state index contributed by atoms with van der Waals surface area (Å²) in [6.45, 7) is 3.76. The number of alkyl halides is 1. The van der Waals surface area contributed by atoms with E-state index in [-0.39, 0.29) is 30.3 Å². The molecule has 24 heavy (non-hydrogen) atoms. The van der Waals surface area contributed by atoms with Crippen molar-refractivity contribution in [3.05, 3.63) is 24.3 Å². The maximum atomic E-state index is 12.2. The first-order valence-electron chi connectivity index (χ1n) is 8.11. The summed E-state index contributed by atoms with van der Waals surface area (Å²) in [5.41, 5.74) is 0. The van der Waals surface area contributed by atoms with E-state index in [4.69, 9.17) is 21.1 Å². The maximum absolute atomic E-state index is 12.2. The van der Waals surface area contributed by atoms with E-state index >= 15 is 0 Å². The van der Waals surface area contributed by atoms with E-state index in [1.54, 1.807) is 17.0 Å². The van der Waals surface area contributed by atoms with Crippen molar-refractivity contribution in [2.45, 2.75) is 25.8 Å². The van der Waals surface area contributed by atoms with Crippen LogP contribution in [0.4, 0.5) is 0 Å². The topological polar surface area (TPSA) is 67.9 Å². The van der Waals surface area contributed by atoms with Crippen LogP contribution >= 0.6 is 11.6 Å². The Kier molecular flexibility index (Phi) is 7.18. The maximum Gasteiger partial charge on any atom is 0.260 e. The predicted octanol–water partition coefficient (Wildman–Crippen LogP) is 1.81. The van der Waals surface area contributed by atoms with Crippen LogP contribution in [0.5, 0.6) is 11.5 Å². The Morgan fingerprint density at radius 3 is 2.29 bits per heavy atom. The zero-order valence-corrected chi connectivity index (χ0v) is 14.6. The van der Waals surface area contributed by atoms with Crippen LogP contribution in [0.25, 0.3) is 0 Å². The molecule has 7 heteroatoms. The lowest BCUT2D eigenvalue weighted by Gasteiger charge is -2.32. The second kappa shape index (κ2) is 9.37. The fourth-order valence-electron chi connectivity index (χ4n) is 2.57. The van der Waals surface area contributed by atoms with E-state index in [9.17, 15) is 9.59 Å². The van der Waals surface area contributed by atoms with Crippen molar-refractivity contribution in [2.24, 2.45) is 0 Å². The molecular weight excluding hydrogens is 332 g/mol. The molecule has 132 valence electrons. The number of amides is 2. The highest BCUT2D eigenvalue weighted by molar-refractivity contribution is 6.27. The van der Waals surface area contributed by atoms with Crippen LogP contribution in [0.1, 0.15) is 19.8 Å². The minimum atomic E-state index is -0.166. The van der Waals surface area contributed by atoms with E-state index < -0.39 is 0 Å². The van der Waals surface area contributed by atoms with Crippen LogP contribution in [-0.2, 0) is 9.59 Å². The molecule has 1 aromatic carbocycles. The summed E-state index contributed by atoms with van der Waals surface area (Å²) in [6.07, 6.45) is 1.47. The molecule has 2 rings (SSSR count). The van der Waals surface area contributed by atoms with Gasteiger partial charge in [0, 0.05) is 19.1 Å². The van der Waals surface area contributed by atoms with Gasteiger partial charge in [0.15, 0.2) is 6.61 Å². The number of halogens is 1. The van der Waals surface area contributed by atoms with E-state index in [0.717, 1.165) is 18.6 Å². The second-order valence-corrected chi connectivity index (χ2v) is 5.82. The Morgan fingerprint density at radius 1 is 1.17 bits per heavy atom. The van der Waals surface area contributed by atoms with Crippen molar-refractivity contribution in [3.63, 3.8) is 0 Å². The molecule has 0 saturated carbocycles. The molecule has 1 saturated heterocycles. The summed E-state index contributed by atoms with van der Waals surface area (Å²) in [5, 5.41) is 2.85. The smallest absolute Gasteiger partial charge is 0.260 e. The van der Waals surface area contributed by atoms with Gasteiger partial charge in [0.25, 0.3) is 5.91 Å². The number of likely N-dealkylation sites (tertiary alicyclic amines) is 1. The van der Waals surface area contributed by atoms with Gasteiger partial charge in [-0.25, -0.2) is 0 Å². The molecular formula is C17H23ClN2O4. The van der Waals surface area contributed by atoms with Gasteiger partial charge in [-0.1, -0.05) is 0 Å². The fourth-order valence-corrected chi connectivity index (χ4v) is 2.65. The normalized spacial score (nSPS) is 15.0. The van der Waals surface area contributed by atoms with Crippen molar-refractivity contribution in [2.75, 3.05) is 32.2 Å². The minimum Gasteiger partial charge on any atom is -0.494 e. The van der Waals surface area contributed by atoms with Gasteiger partial charge < -0.3 is 19.7 Å². The van der Waals surface area contributed by atoms with Gasteiger partial charge in [-0.15, -0.1) is 11.6 Å². The number of hydrogen-bond donors (Lipinski definition) is 1. The number of nitrogens with one attached hydrogen (secondary N) is 1. The monoisotopic (exact) mass is 354 g/mol. The summed E-state index contributed by atoms with van der Waals surface area (Å²) in [4.78, 5) is 25.2. The summed E-state index contributed by atoms with van der Waals surface area (Å²) in [6, 6.07) is 7.29. The molecule has 1 N–H and O–H groups in total. The second-order valence-electron chi connectivity index (χ2n) is 5.55. The Balaban J connectivity index is 1.72. The molecule has 1 heterocycles. The molecule has 0 aliphatic carbocycles. The third kappa shape index (κ3) is 5.60. The van der Waals surface area contributed by atoms with Crippen molar-refractivity contribution < 1.29 is 19.1 Å². The molecule has 0 spiro atoms. The quantitative estimate of drug-likeness (QED) is 0.758. The van der Waals surface area contributed by atoms with Gasteiger partial charge in [-0.2, -0.15) is 0 Å². The van der Waals surface area contributed by atoms with Gasteiger partial charge in [0.2, 0.25) is 5.91 Å². The fraction of sp³-hybridized carbons (Fsp3) is 0.529. The van der Waals surface area contributed by atoms with Crippen LogP contribution in [0.3, 0.4) is 0 Å². The highest BCUT2D eigenvalue weighted by Gasteiger charge is 2.23. The number of ether oxygens (including phenoxy) is 2. The average molecular weight is 355 g/mol. The van der Waals surface area contributed by atoms with Crippen molar-refractivity contribution >= 4 is 23.4 Å². The number of benzene rings is 1. The molecule has 0 bridgehead atoms. The average Bonchev–Trinajstić information content (AvgIpc) is 2.61. The van der Waals surface area contributed by atoms with Crippen molar-refractivity contribution in [1.82, 2.24) is 10.2 Å². The standard InChI is InChI=1S/C17H23ClN2O4/c1-2-23-14-3-5-15(6-4-14)24-12-17(22)20-9-7-13(8-10-20)19-16(21)11-18/h3-6,13H,2,7-12H2,1H3,(H,19,21). The zero-order chi connectivity index (χ0) is 17.4. The van der Waals surface area contributed by atoms with Crippen LogP contribution in [0, 0.1) is 0 Å². The Morgan fingerprint density at radius 2 is 1.75 bits per heavy atom. The minimum absolute atomic E-state index is 0.00663. The molecule has 6 nitrogen and oxygen atoms in total. The van der Waals surface area contributed by atoms with Gasteiger partial charge in [0.05, 0.1) is 6.61 Å². The first kappa shape index (κ1) is 18.4. The lowest BCUT2D eigenvalue weighted by Crippen LogP contribution is -2.47. The van der Waals surface area contributed by atoms with Gasteiger partial charge in [0.1, 0.15) is 17.4 Å². The summed E-state index contributed by atoms with van der Waals surface area (Å²) in [7, 11) is 0. The van der Waals surface area contributed by atoms with Crippen LogP contribution < -0.4 is 14.8 Å². The third-order valence-electron chi connectivity index (χ3n) is 3.83. The van der Waals surface area contributed by atoms with E-state index in [2.05, 4.69) is 5.32 Å². The molecule has 2 amide bonds. The molecule has 0 radical (unpaired) electrons. The molecule has 1 aliphatic rings. The number of nitrogens with zero attached hydrogens (tertiary/aromatic N) is 1. The number of carbonyl (C=O) groups is 2. The van der Waals surface area contributed by atoms with Crippen LogP contribution in [0.2, 0.25) is 0 Å². The molecule has 1 aromatic rings. The first-order valence-corrected chi connectivity index (χ1v) is 8.64. The number of hydrogen-bond acceptors (Lipinski definition) is 4. The number of carbonyl (C=O) groups excluding carboxylic acids is 2. The van der Waals surface area contributed by atoms with Crippen LogP contribution in [0.15, 0.2) is 24.3 Å². The van der Waals surface area contributed by atoms with Crippen LogP contribution in [-0.4, -0.2) is 54.9 Å². The van der Waals surface area contributed by atoms with Gasteiger partial charge >= 0.3 is 0 Å². The molecule has 0 aromatic heterocycles. The third-order valence-corrected chi connectivity index (χ3v) is 4.07. The number of rotatable bonds is 7. The van der Waals surface area contributed by atoms with E-state index in [1.807, 2.05) is 19.1 Å². The zero-order valence-electron chi connectivity index (χ0n) is 13.8. The van der Waals surface area contributed by atoms with E-state index in [1.165, 1.54) is 0 Å². The summed E-state index contributed by atoms with van der Waals surface area (Å²) >= 11 is 5.48. The lowest BCUT2D eigenvalue weighted by molar-refractivity contribution is -0.134. The highest BCUT2D eigenvalue weighted by atomic mass is 35.5. The number of piperidine rings is 1. The largest absolute Gasteiger partial charge is 0.494 e. The lowest BCUT2D eigenvalue weighted by atomic mass is 10.1. The van der Waals surface area contributed by atoms with Crippen molar-refractivity contribution in [1.29, 1.82) is 0 Å². The highest BCUT2D eigenvalue weighted by Crippen LogP contribution is 2.18. The molecule has 0 atom stereocenters. The van der Waals surface area contributed by atoms with Gasteiger partial charge in [-0.05, 0) is 44.0 Å². The SMILES string of the molecule is CCOc1ccc(OCC(=O)N2CCC(NC(=O)CCl)CC2)cc1. The Labute approximate surface area is 147 Å². The van der Waals surface area contributed by atoms with E-state index in [0.29, 0.717) is 25.4 Å². The van der Waals surface area contributed by atoms with Crippen molar-refractivity contribution in [3.8, 4) is 11.5 Å². The molecule has 1 fully saturated rings. The summed E-state index contributed by atoms with van der Waals surface area (Å²) in [5.74, 6) is 1.16. The predicted molar refractivity (Wildman–Crippen MR) is 91.6 cm³/mol. The van der Waals surface area contributed by atoms with Gasteiger partial charge in [-0.3, -0.25) is 9.59 Å². The Hall–Kier alpha value is -1.95. The Bertz CT molecular complexity index is 542.